The molecule has 1 aromatic heterocycles. The highest BCUT2D eigenvalue weighted by Crippen LogP contribution is 2.26. The van der Waals surface area contributed by atoms with Gasteiger partial charge in [-0.05, 0) is 18.9 Å². The first-order valence-electron chi connectivity index (χ1n) is 5.04. The van der Waals surface area contributed by atoms with Crippen molar-refractivity contribution in [3.05, 3.63) is 22.8 Å². The largest absolute Gasteiger partial charge is 0.366 e. The Hall–Kier alpha value is -1.33. The van der Waals surface area contributed by atoms with E-state index in [2.05, 4.69) is 4.98 Å². The third-order valence-electron chi connectivity index (χ3n) is 2.35. The molecular weight excluding hydrogens is 230 g/mol. The second-order valence-electron chi connectivity index (χ2n) is 3.54. The maximum absolute atomic E-state index is 10.9. The van der Waals surface area contributed by atoms with Crippen LogP contribution in [-0.2, 0) is 4.84 Å². The molecule has 1 aliphatic heterocycles. The number of amides is 1. The number of hydrogen-bond acceptors (Lipinski definition) is 4. The van der Waals surface area contributed by atoms with Gasteiger partial charge >= 0.3 is 0 Å². The molecule has 0 bridgehead atoms. The maximum Gasteiger partial charge on any atom is 0.250 e. The molecule has 1 amide bonds. The molecule has 0 radical (unpaired) electrons. The molecule has 86 valence electrons. The highest BCUT2D eigenvalue weighted by Gasteiger charge is 2.17. The predicted octanol–water partition coefficient (Wildman–Crippen LogP) is 1.37. The van der Waals surface area contributed by atoms with E-state index >= 15 is 0 Å². The number of carbonyl (C=O) groups is 1. The smallest absolute Gasteiger partial charge is 0.250 e. The average molecular weight is 242 g/mol. The number of carbonyl (C=O) groups excluding carboxylic acids is 1. The summed E-state index contributed by atoms with van der Waals surface area (Å²) in [5, 5.41) is 2.02. The molecule has 1 saturated heterocycles. The van der Waals surface area contributed by atoms with E-state index in [1.54, 1.807) is 5.06 Å². The van der Waals surface area contributed by atoms with E-state index < -0.39 is 5.91 Å². The van der Waals surface area contributed by atoms with Crippen LogP contribution in [0.3, 0.4) is 0 Å². The molecule has 0 spiro atoms. The van der Waals surface area contributed by atoms with Gasteiger partial charge in [-0.15, -0.1) is 0 Å². The van der Waals surface area contributed by atoms with Crippen molar-refractivity contribution < 1.29 is 9.63 Å². The van der Waals surface area contributed by atoms with Gasteiger partial charge in [0.05, 0.1) is 17.2 Å². The van der Waals surface area contributed by atoms with Crippen molar-refractivity contribution in [3.63, 3.8) is 0 Å². The predicted molar refractivity (Wildman–Crippen MR) is 60.3 cm³/mol. The first-order chi connectivity index (χ1) is 7.68. The molecule has 1 fully saturated rings. The van der Waals surface area contributed by atoms with E-state index in [1.165, 1.54) is 12.3 Å². The van der Waals surface area contributed by atoms with Crippen LogP contribution in [0.15, 0.2) is 12.3 Å². The van der Waals surface area contributed by atoms with Crippen LogP contribution in [-0.4, -0.2) is 24.0 Å². The number of aromatic nitrogens is 1. The number of primary amides is 1. The summed E-state index contributed by atoms with van der Waals surface area (Å²) >= 11 is 6.01. The van der Waals surface area contributed by atoms with Crippen molar-refractivity contribution in [1.82, 2.24) is 4.98 Å². The molecule has 2 rings (SSSR count). The van der Waals surface area contributed by atoms with Crippen molar-refractivity contribution in [2.45, 2.75) is 12.8 Å². The molecule has 2 N–H and O–H groups in total. The molecule has 1 aromatic rings. The van der Waals surface area contributed by atoms with Crippen LogP contribution in [0.1, 0.15) is 23.2 Å². The monoisotopic (exact) mass is 241 g/mol. The third kappa shape index (κ3) is 2.25. The molecule has 0 aromatic carbocycles. The quantitative estimate of drug-likeness (QED) is 0.849. The minimum absolute atomic E-state index is 0.297. The number of halogens is 1. The average Bonchev–Trinajstić information content (AvgIpc) is 2.30. The number of anilines is 1. The zero-order chi connectivity index (χ0) is 11.5. The molecule has 2 heterocycles. The molecule has 1 aliphatic rings. The van der Waals surface area contributed by atoms with Gasteiger partial charge in [0.2, 0.25) is 5.91 Å². The topological polar surface area (TPSA) is 68.5 Å². The molecule has 0 saturated carbocycles. The first kappa shape index (κ1) is 11.2. The SMILES string of the molecule is NC(=O)c1cnc(N2CCCCO2)c(Cl)c1. The fraction of sp³-hybridized carbons (Fsp3) is 0.400. The Morgan fingerprint density at radius 3 is 2.94 bits per heavy atom. The molecule has 0 aliphatic carbocycles. The lowest BCUT2D eigenvalue weighted by Gasteiger charge is -2.27. The van der Waals surface area contributed by atoms with E-state index in [-0.39, 0.29) is 0 Å². The molecule has 6 heteroatoms. The maximum atomic E-state index is 10.9. The van der Waals surface area contributed by atoms with Crippen molar-refractivity contribution >= 4 is 23.3 Å². The zero-order valence-electron chi connectivity index (χ0n) is 8.65. The summed E-state index contributed by atoms with van der Waals surface area (Å²) < 4.78 is 0. The first-order valence-corrected chi connectivity index (χ1v) is 5.42. The Kier molecular flexibility index (Phi) is 3.26. The van der Waals surface area contributed by atoms with Crippen LogP contribution >= 0.6 is 11.6 Å². The minimum atomic E-state index is -0.541. The Morgan fingerprint density at radius 1 is 1.56 bits per heavy atom. The van der Waals surface area contributed by atoms with Gasteiger partial charge in [0.15, 0.2) is 5.82 Å². The van der Waals surface area contributed by atoms with Gasteiger partial charge in [-0.1, -0.05) is 11.6 Å². The fourth-order valence-electron chi connectivity index (χ4n) is 1.51. The summed E-state index contributed by atoms with van der Waals surface area (Å²) in [7, 11) is 0. The van der Waals surface area contributed by atoms with E-state index in [1.807, 2.05) is 0 Å². The number of nitrogens with two attached hydrogens (primary N) is 1. The summed E-state index contributed by atoms with van der Waals surface area (Å²) in [6.45, 7) is 1.41. The summed E-state index contributed by atoms with van der Waals surface area (Å²) in [6.07, 6.45) is 3.48. The second-order valence-corrected chi connectivity index (χ2v) is 3.94. The molecule has 16 heavy (non-hydrogen) atoms. The molecule has 0 unspecified atom stereocenters. The van der Waals surface area contributed by atoms with Crippen molar-refractivity contribution in [2.75, 3.05) is 18.2 Å². The highest BCUT2D eigenvalue weighted by atomic mass is 35.5. The Labute approximate surface area is 98.1 Å². The van der Waals surface area contributed by atoms with Crippen molar-refractivity contribution in [1.29, 1.82) is 0 Å². The van der Waals surface area contributed by atoms with E-state index in [0.717, 1.165) is 19.4 Å². The lowest BCUT2D eigenvalue weighted by molar-refractivity contribution is 0.0761. The minimum Gasteiger partial charge on any atom is -0.366 e. The Bertz CT molecular complexity index is 405. The van der Waals surface area contributed by atoms with Crippen LogP contribution in [0, 0.1) is 0 Å². The Balaban J connectivity index is 2.24. The number of hydrogen-bond donors (Lipinski definition) is 1. The third-order valence-corrected chi connectivity index (χ3v) is 2.62. The number of rotatable bonds is 2. The van der Waals surface area contributed by atoms with Crippen LogP contribution in [0.25, 0.3) is 0 Å². The molecule has 0 atom stereocenters. The number of nitrogens with zero attached hydrogens (tertiary/aromatic N) is 2. The molecular formula is C10H12ClN3O2. The molecule has 5 nitrogen and oxygen atoms in total. The lowest BCUT2D eigenvalue weighted by Crippen LogP contribution is -2.30. The highest BCUT2D eigenvalue weighted by molar-refractivity contribution is 6.33. The second kappa shape index (κ2) is 4.67. The zero-order valence-corrected chi connectivity index (χ0v) is 9.41. The van der Waals surface area contributed by atoms with Crippen molar-refractivity contribution in [3.8, 4) is 0 Å². The van der Waals surface area contributed by atoms with E-state index in [0.29, 0.717) is 23.0 Å². The van der Waals surface area contributed by atoms with Crippen molar-refractivity contribution in [2.24, 2.45) is 5.73 Å². The number of pyridine rings is 1. The van der Waals surface area contributed by atoms with Gasteiger partial charge in [0.1, 0.15) is 0 Å². The van der Waals surface area contributed by atoms with E-state index in [9.17, 15) is 4.79 Å². The normalized spacial score (nSPS) is 16.2. The summed E-state index contributed by atoms with van der Waals surface area (Å²) in [5.74, 6) is -0.00752. The standard InChI is InChI=1S/C10H12ClN3O2/c11-8-5-7(9(12)15)6-13-10(8)14-3-1-2-4-16-14/h5-6H,1-4H2,(H2,12,15). The van der Waals surface area contributed by atoms with E-state index in [4.69, 9.17) is 22.2 Å². The van der Waals surface area contributed by atoms with Gasteiger partial charge in [-0.2, -0.15) is 0 Å². The van der Waals surface area contributed by atoms with Crippen LogP contribution in [0.2, 0.25) is 5.02 Å². The van der Waals surface area contributed by atoms with Gasteiger partial charge < -0.3 is 5.73 Å². The van der Waals surface area contributed by atoms with Gasteiger partial charge in [0.25, 0.3) is 0 Å². The Morgan fingerprint density at radius 2 is 2.38 bits per heavy atom. The lowest BCUT2D eigenvalue weighted by atomic mass is 10.2. The summed E-state index contributed by atoms with van der Waals surface area (Å²) in [5.41, 5.74) is 5.43. The fourth-order valence-corrected chi connectivity index (χ4v) is 1.77. The summed E-state index contributed by atoms with van der Waals surface area (Å²) in [6, 6.07) is 1.50. The number of hydroxylamine groups is 1. The van der Waals surface area contributed by atoms with Crippen LogP contribution in [0.4, 0.5) is 5.82 Å². The van der Waals surface area contributed by atoms with Gasteiger partial charge in [-0.25, -0.2) is 10.0 Å². The van der Waals surface area contributed by atoms with Gasteiger partial charge in [0, 0.05) is 12.7 Å². The van der Waals surface area contributed by atoms with Crippen LogP contribution in [0.5, 0.6) is 0 Å². The van der Waals surface area contributed by atoms with Crippen LogP contribution < -0.4 is 10.8 Å². The summed E-state index contributed by atoms with van der Waals surface area (Å²) in [4.78, 5) is 20.4. The van der Waals surface area contributed by atoms with Gasteiger partial charge in [-0.3, -0.25) is 9.63 Å².